The van der Waals surface area contributed by atoms with Crippen molar-refractivity contribution in [1.82, 2.24) is 9.97 Å². The third-order valence-electron chi connectivity index (χ3n) is 6.08. The third-order valence-corrected chi connectivity index (χ3v) is 7.24. The van der Waals surface area contributed by atoms with Crippen LogP contribution in [0.25, 0.3) is 11.3 Å². The molecule has 1 aromatic heterocycles. The first-order chi connectivity index (χ1) is 15.0. The summed E-state index contributed by atoms with van der Waals surface area (Å²) in [6.07, 6.45) is 0.232. The lowest BCUT2D eigenvalue weighted by Gasteiger charge is -2.37. The number of benzene rings is 1. The van der Waals surface area contributed by atoms with Crippen LogP contribution in [0.5, 0.6) is 0 Å². The number of hydrogen-bond donors (Lipinski definition) is 1. The number of rotatable bonds is 4. The summed E-state index contributed by atoms with van der Waals surface area (Å²) >= 11 is 0. The molecule has 3 atom stereocenters. The zero-order valence-electron chi connectivity index (χ0n) is 18.4. The second kappa shape index (κ2) is 8.08. The molecular formula is C22H26FN3O5S. The van der Waals surface area contributed by atoms with Crippen molar-refractivity contribution in [2.75, 3.05) is 17.6 Å². The summed E-state index contributed by atoms with van der Waals surface area (Å²) in [5, 5.41) is 10.1. The van der Waals surface area contributed by atoms with Gasteiger partial charge in [0, 0.05) is 30.5 Å². The van der Waals surface area contributed by atoms with Crippen LogP contribution in [0.3, 0.4) is 0 Å². The van der Waals surface area contributed by atoms with Crippen LogP contribution in [0.4, 0.5) is 10.3 Å². The smallest absolute Gasteiger partial charge is 0.308 e. The number of nitrogens with zero attached hydrogens (tertiary/aromatic N) is 3. The highest BCUT2D eigenvalue weighted by atomic mass is 32.2. The zero-order valence-corrected chi connectivity index (χ0v) is 19.2. The van der Waals surface area contributed by atoms with E-state index >= 15 is 0 Å². The molecule has 1 N–H and O–H groups in total. The Morgan fingerprint density at radius 1 is 1.25 bits per heavy atom. The summed E-state index contributed by atoms with van der Waals surface area (Å²) in [5.74, 6) is -1.30. The highest BCUT2D eigenvalue weighted by Gasteiger charge is 2.39. The Bertz CT molecular complexity index is 1180. The van der Waals surface area contributed by atoms with Gasteiger partial charge in [-0.2, -0.15) is 0 Å². The van der Waals surface area contributed by atoms with E-state index in [4.69, 9.17) is 4.74 Å². The Morgan fingerprint density at radius 3 is 2.59 bits per heavy atom. The fourth-order valence-corrected chi connectivity index (χ4v) is 4.83. The van der Waals surface area contributed by atoms with Crippen LogP contribution in [0.1, 0.15) is 55.3 Å². The van der Waals surface area contributed by atoms with Crippen LogP contribution in [-0.2, 0) is 26.0 Å². The molecule has 0 bridgehead atoms. The molecule has 172 valence electrons. The minimum atomic E-state index is -3.59. The Kier molecular flexibility index (Phi) is 5.70. The molecule has 0 spiro atoms. The maximum absolute atomic E-state index is 14.3. The fourth-order valence-electron chi connectivity index (χ4n) is 4.45. The Hall–Kier alpha value is -2.59. The summed E-state index contributed by atoms with van der Waals surface area (Å²) in [5.41, 5.74) is 3.30. The van der Waals surface area contributed by atoms with Crippen LogP contribution in [0.15, 0.2) is 18.2 Å². The topological polar surface area (TPSA) is 110 Å². The monoisotopic (exact) mass is 463 g/mol. The van der Waals surface area contributed by atoms with E-state index in [9.17, 15) is 22.7 Å². The third kappa shape index (κ3) is 4.09. The summed E-state index contributed by atoms with van der Waals surface area (Å²) < 4.78 is 45.1. The van der Waals surface area contributed by atoms with Crippen molar-refractivity contribution in [1.29, 1.82) is 0 Å². The van der Waals surface area contributed by atoms with Crippen molar-refractivity contribution in [2.24, 2.45) is 0 Å². The number of fused-ring (bicyclic) bond motifs is 3. The number of carbonyl (C=O) groups is 1. The van der Waals surface area contributed by atoms with Gasteiger partial charge >= 0.3 is 5.97 Å². The van der Waals surface area contributed by atoms with Crippen LogP contribution in [0, 0.1) is 5.82 Å². The van der Waals surface area contributed by atoms with E-state index in [1.807, 2.05) is 13.8 Å². The quantitative estimate of drug-likeness (QED) is 0.694. The Balaban J connectivity index is 1.91. The number of aliphatic hydroxyl groups is 1. The molecule has 0 saturated carbocycles. The van der Waals surface area contributed by atoms with E-state index < -0.39 is 34.0 Å². The summed E-state index contributed by atoms with van der Waals surface area (Å²) in [7, 11) is -2.20. The van der Waals surface area contributed by atoms with E-state index in [1.165, 1.54) is 19.2 Å². The van der Waals surface area contributed by atoms with Gasteiger partial charge in [0.2, 0.25) is 16.0 Å². The van der Waals surface area contributed by atoms with Gasteiger partial charge in [-0.25, -0.2) is 27.1 Å². The number of cyclic esters (lactones) is 1. The first-order valence-corrected chi connectivity index (χ1v) is 12.3. The first kappa shape index (κ1) is 22.6. The number of halogens is 1. The minimum absolute atomic E-state index is 0.0411. The van der Waals surface area contributed by atoms with Crippen molar-refractivity contribution in [3.8, 4) is 11.3 Å². The van der Waals surface area contributed by atoms with Crippen LogP contribution in [0.2, 0.25) is 0 Å². The molecule has 0 radical (unpaired) electrons. The number of aliphatic hydroxyl groups excluding tert-OH is 1. The molecule has 4 rings (SSSR count). The molecule has 0 amide bonds. The molecule has 32 heavy (non-hydrogen) atoms. The van der Waals surface area contributed by atoms with Crippen molar-refractivity contribution in [3.05, 3.63) is 40.8 Å². The predicted molar refractivity (Wildman–Crippen MR) is 116 cm³/mol. The van der Waals surface area contributed by atoms with Crippen LogP contribution in [-0.4, -0.2) is 55.0 Å². The number of anilines is 1. The van der Waals surface area contributed by atoms with E-state index in [-0.39, 0.29) is 30.6 Å². The van der Waals surface area contributed by atoms with Crippen molar-refractivity contribution in [3.63, 3.8) is 0 Å². The van der Waals surface area contributed by atoms with Gasteiger partial charge in [0.1, 0.15) is 11.9 Å². The Labute approximate surface area is 186 Å². The van der Waals surface area contributed by atoms with E-state index in [0.717, 1.165) is 16.1 Å². The van der Waals surface area contributed by atoms with Gasteiger partial charge in [-0.1, -0.05) is 13.8 Å². The second-order valence-corrected chi connectivity index (χ2v) is 10.8. The summed E-state index contributed by atoms with van der Waals surface area (Å²) in [4.78, 5) is 21.1. The van der Waals surface area contributed by atoms with Gasteiger partial charge in [0.05, 0.1) is 30.2 Å². The Morgan fingerprint density at radius 2 is 1.97 bits per heavy atom. The summed E-state index contributed by atoms with van der Waals surface area (Å²) in [6, 6.07) is 4.33. The van der Waals surface area contributed by atoms with Gasteiger partial charge in [0.25, 0.3) is 0 Å². The molecule has 1 fully saturated rings. The van der Waals surface area contributed by atoms with Gasteiger partial charge in [-0.3, -0.25) is 4.79 Å². The standard InChI is InChI=1S/C22H26FN3O5S/c1-11(2)20-17-10-16(18-8-13(27)9-19(28)31-18)15-7-12(23)5-6-14(15)21(17)25-22(24-20)26(3)32(4,29)30/h5-7,11,13,16,18,27H,8-10H2,1-4H3/t13-,16+,18+/m1/s1. The molecular weight excluding hydrogens is 437 g/mol. The molecule has 8 nitrogen and oxygen atoms in total. The van der Waals surface area contributed by atoms with Crippen LogP contribution >= 0.6 is 0 Å². The highest BCUT2D eigenvalue weighted by molar-refractivity contribution is 7.92. The maximum atomic E-state index is 14.3. The minimum Gasteiger partial charge on any atom is -0.462 e. The van der Waals surface area contributed by atoms with E-state index in [0.29, 0.717) is 28.9 Å². The zero-order chi connectivity index (χ0) is 23.4. The lowest BCUT2D eigenvalue weighted by atomic mass is 9.75. The number of ether oxygens (including phenoxy) is 1. The lowest BCUT2D eigenvalue weighted by Crippen LogP contribution is -2.38. The number of esters is 1. The average molecular weight is 464 g/mol. The van der Waals surface area contributed by atoms with E-state index in [2.05, 4.69) is 9.97 Å². The second-order valence-electron chi connectivity index (χ2n) is 8.79. The van der Waals surface area contributed by atoms with Gasteiger partial charge in [-0.05, 0) is 36.1 Å². The highest BCUT2D eigenvalue weighted by Crippen LogP contribution is 2.45. The molecule has 10 heteroatoms. The molecule has 0 unspecified atom stereocenters. The van der Waals surface area contributed by atoms with E-state index in [1.54, 1.807) is 6.07 Å². The molecule has 1 saturated heterocycles. The largest absolute Gasteiger partial charge is 0.462 e. The van der Waals surface area contributed by atoms with Gasteiger partial charge in [0.15, 0.2) is 0 Å². The average Bonchev–Trinajstić information content (AvgIpc) is 2.70. The number of sulfonamides is 1. The first-order valence-electron chi connectivity index (χ1n) is 10.5. The normalized spacial score (nSPS) is 22.8. The SMILES string of the molecule is CC(C)c1nc(N(C)S(C)(=O)=O)nc2c1C[C@H]([C@@H]1C[C@@H](O)CC(=O)O1)c1cc(F)ccc1-2. The molecule has 2 heterocycles. The molecule has 1 aromatic carbocycles. The molecule has 2 aromatic rings. The van der Waals surface area contributed by atoms with Crippen molar-refractivity contribution in [2.45, 2.75) is 57.2 Å². The number of carbonyl (C=O) groups excluding carboxylic acids is 1. The van der Waals surface area contributed by atoms with Gasteiger partial charge < -0.3 is 9.84 Å². The molecule has 2 aliphatic rings. The lowest BCUT2D eigenvalue weighted by molar-refractivity contribution is -0.161. The fraction of sp³-hybridized carbons (Fsp3) is 0.500. The summed E-state index contributed by atoms with van der Waals surface area (Å²) in [6.45, 7) is 3.90. The van der Waals surface area contributed by atoms with Crippen LogP contribution < -0.4 is 4.31 Å². The number of hydrogen-bond acceptors (Lipinski definition) is 7. The maximum Gasteiger partial charge on any atom is 0.308 e. The predicted octanol–water partition coefficient (Wildman–Crippen LogP) is 2.51. The van der Waals surface area contributed by atoms with Gasteiger partial charge in [-0.15, -0.1) is 0 Å². The van der Waals surface area contributed by atoms with Crippen molar-refractivity contribution < 1.29 is 27.4 Å². The number of aromatic nitrogens is 2. The van der Waals surface area contributed by atoms with Crippen molar-refractivity contribution >= 4 is 21.9 Å². The molecule has 1 aliphatic carbocycles. The molecule has 1 aliphatic heterocycles.